The Bertz CT molecular complexity index is 700. The lowest BCUT2D eigenvalue weighted by Gasteiger charge is -2.32. The summed E-state index contributed by atoms with van der Waals surface area (Å²) in [5.41, 5.74) is 1.82. The zero-order valence-corrected chi connectivity index (χ0v) is 14.7. The van der Waals surface area contributed by atoms with Gasteiger partial charge in [0, 0.05) is 25.2 Å². The first-order valence-electron chi connectivity index (χ1n) is 8.72. The lowest BCUT2D eigenvalue weighted by atomic mass is 9.97. The van der Waals surface area contributed by atoms with Crippen LogP contribution < -0.4 is 15.0 Å². The number of hydrogen-bond acceptors (Lipinski definition) is 5. The number of nitrogens with one attached hydrogen (secondary N) is 1. The Balaban J connectivity index is 1.69. The quantitative estimate of drug-likeness (QED) is 0.906. The molecule has 2 heterocycles. The molecule has 0 bridgehead atoms. The molecule has 1 N–H and O–H groups in total. The normalized spacial score (nSPS) is 17.2. The van der Waals surface area contributed by atoms with E-state index in [1.54, 1.807) is 7.11 Å². The molecule has 1 saturated heterocycles. The average Bonchev–Trinajstić information content (AvgIpc) is 2.68. The zero-order valence-electron chi connectivity index (χ0n) is 14.7. The first kappa shape index (κ1) is 17.2. The van der Waals surface area contributed by atoms with Crippen LogP contribution in [0, 0.1) is 5.92 Å². The number of anilines is 1. The standard InChI is InChI=1S/C19H24N4O2/c1-3-20-19(24)15-5-4-12-23(13-15)18-11-10-17(21-22-18)14-6-8-16(25-2)9-7-14/h6-11,15H,3-5,12-13H2,1-2H3,(H,20,24). The molecule has 132 valence electrons. The number of aromatic nitrogens is 2. The molecule has 1 unspecified atom stereocenters. The maximum Gasteiger partial charge on any atom is 0.224 e. The highest BCUT2D eigenvalue weighted by Crippen LogP contribution is 2.24. The summed E-state index contributed by atoms with van der Waals surface area (Å²) in [7, 11) is 1.65. The topological polar surface area (TPSA) is 67.4 Å². The van der Waals surface area contributed by atoms with E-state index in [0.717, 1.165) is 42.2 Å². The second-order valence-corrected chi connectivity index (χ2v) is 6.19. The van der Waals surface area contributed by atoms with Gasteiger partial charge in [0.15, 0.2) is 5.82 Å². The number of carbonyl (C=O) groups excluding carboxylic acids is 1. The second-order valence-electron chi connectivity index (χ2n) is 6.19. The van der Waals surface area contributed by atoms with Crippen LogP contribution in [0.2, 0.25) is 0 Å². The van der Waals surface area contributed by atoms with E-state index >= 15 is 0 Å². The number of nitrogens with zero attached hydrogens (tertiary/aromatic N) is 3. The molecule has 2 aromatic rings. The minimum absolute atomic E-state index is 0.0248. The van der Waals surface area contributed by atoms with Gasteiger partial charge < -0.3 is 15.0 Å². The summed E-state index contributed by atoms with van der Waals surface area (Å²) in [4.78, 5) is 14.2. The first-order chi connectivity index (χ1) is 12.2. The summed E-state index contributed by atoms with van der Waals surface area (Å²) in [5.74, 6) is 1.80. The molecule has 0 aliphatic carbocycles. The van der Waals surface area contributed by atoms with Gasteiger partial charge >= 0.3 is 0 Å². The Hall–Kier alpha value is -2.63. The number of benzene rings is 1. The van der Waals surface area contributed by atoms with Gasteiger partial charge in [-0.1, -0.05) is 0 Å². The van der Waals surface area contributed by atoms with Gasteiger partial charge in [0.1, 0.15) is 5.75 Å². The van der Waals surface area contributed by atoms with Crippen molar-refractivity contribution in [3.63, 3.8) is 0 Å². The van der Waals surface area contributed by atoms with Crippen LogP contribution in [0.5, 0.6) is 5.75 Å². The van der Waals surface area contributed by atoms with E-state index in [2.05, 4.69) is 20.4 Å². The largest absolute Gasteiger partial charge is 0.497 e. The molecule has 1 aromatic carbocycles. The summed E-state index contributed by atoms with van der Waals surface area (Å²) in [6.07, 6.45) is 1.92. The highest BCUT2D eigenvalue weighted by Gasteiger charge is 2.26. The minimum Gasteiger partial charge on any atom is -0.497 e. The summed E-state index contributed by atoms with van der Waals surface area (Å²) in [5, 5.41) is 11.6. The van der Waals surface area contributed by atoms with E-state index in [9.17, 15) is 4.79 Å². The van der Waals surface area contributed by atoms with Crippen LogP contribution in [0.3, 0.4) is 0 Å². The molecule has 6 nitrogen and oxygen atoms in total. The van der Waals surface area contributed by atoms with Crippen LogP contribution >= 0.6 is 0 Å². The molecule has 1 amide bonds. The molecule has 3 rings (SSSR count). The van der Waals surface area contributed by atoms with Gasteiger partial charge in [0.2, 0.25) is 5.91 Å². The van der Waals surface area contributed by atoms with Gasteiger partial charge in [-0.3, -0.25) is 4.79 Å². The highest BCUT2D eigenvalue weighted by molar-refractivity contribution is 5.79. The van der Waals surface area contributed by atoms with Crippen molar-refractivity contribution in [2.75, 3.05) is 31.6 Å². The Morgan fingerprint density at radius 1 is 1.24 bits per heavy atom. The molecular formula is C19H24N4O2. The van der Waals surface area contributed by atoms with Crippen LogP contribution in [0.4, 0.5) is 5.82 Å². The van der Waals surface area contributed by atoms with Crippen molar-refractivity contribution in [3.05, 3.63) is 36.4 Å². The van der Waals surface area contributed by atoms with Gasteiger partial charge in [-0.25, -0.2) is 0 Å². The molecule has 0 radical (unpaired) electrons. The van der Waals surface area contributed by atoms with E-state index in [0.29, 0.717) is 13.1 Å². The lowest BCUT2D eigenvalue weighted by Crippen LogP contribution is -2.43. The van der Waals surface area contributed by atoms with Crippen LogP contribution in [0.15, 0.2) is 36.4 Å². The van der Waals surface area contributed by atoms with E-state index in [1.807, 2.05) is 43.3 Å². The third-order valence-corrected chi connectivity index (χ3v) is 4.50. The Morgan fingerprint density at radius 2 is 2.04 bits per heavy atom. The fraction of sp³-hybridized carbons (Fsp3) is 0.421. The molecule has 0 saturated carbocycles. The summed E-state index contributed by atoms with van der Waals surface area (Å²) in [6, 6.07) is 11.7. The van der Waals surface area contributed by atoms with E-state index in [1.165, 1.54) is 0 Å². The monoisotopic (exact) mass is 340 g/mol. The average molecular weight is 340 g/mol. The van der Waals surface area contributed by atoms with Crippen molar-refractivity contribution in [2.24, 2.45) is 5.92 Å². The number of piperidine rings is 1. The molecular weight excluding hydrogens is 316 g/mol. The van der Waals surface area contributed by atoms with Crippen molar-refractivity contribution in [2.45, 2.75) is 19.8 Å². The third kappa shape index (κ3) is 4.07. The second kappa shape index (κ2) is 7.96. The lowest BCUT2D eigenvalue weighted by molar-refractivity contribution is -0.125. The van der Waals surface area contributed by atoms with E-state index < -0.39 is 0 Å². The Morgan fingerprint density at radius 3 is 2.68 bits per heavy atom. The number of methoxy groups -OCH3 is 1. The van der Waals surface area contributed by atoms with Gasteiger partial charge in [-0.2, -0.15) is 0 Å². The fourth-order valence-corrected chi connectivity index (χ4v) is 3.13. The van der Waals surface area contributed by atoms with Crippen LogP contribution in [0.1, 0.15) is 19.8 Å². The molecule has 0 spiro atoms. The predicted molar refractivity (Wildman–Crippen MR) is 97.6 cm³/mol. The molecule has 1 aromatic heterocycles. The minimum atomic E-state index is 0.0248. The maximum atomic E-state index is 12.1. The SMILES string of the molecule is CCNC(=O)C1CCCN(c2ccc(-c3ccc(OC)cc3)nn2)C1. The number of ether oxygens (including phenoxy) is 1. The molecule has 1 aliphatic heterocycles. The number of hydrogen-bond donors (Lipinski definition) is 1. The summed E-state index contributed by atoms with van der Waals surface area (Å²) in [6.45, 7) is 4.22. The number of carbonyl (C=O) groups is 1. The molecule has 1 fully saturated rings. The Kier molecular flexibility index (Phi) is 5.48. The van der Waals surface area contributed by atoms with Crippen molar-refractivity contribution >= 4 is 11.7 Å². The van der Waals surface area contributed by atoms with Crippen molar-refractivity contribution in [3.8, 4) is 17.0 Å². The molecule has 6 heteroatoms. The van der Waals surface area contributed by atoms with Crippen molar-refractivity contribution in [1.29, 1.82) is 0 Å². The van der Waals surface area contributed by atoms with E-state index in [-0.39, 0.29) is 11.8 Å². The number of rotatable bonds is 5. The van der Waals surface area contributed by atoms with Gasteiger partial charge in [0.05, 0.1) is 18.7 Å². The third-order valence-electron chi connectivity index (χ3n) is 4.50. The van der Waals surface area contributed by atoms with Crippen molar-refractivity contribution < 1.29 is 9.53 Å². The van der Waals surface area contributed by atoms with Crippen molar-refractivity contribution in [1.82, 2.24) is 15.5 Å². The summed E-state index contributed by atoms with van der Waals surface area (Å²) < 4.78 is 5.17. The Labute approximate surface area is 148 Å². The first-order valence-corrected chi connectivity index (χ1v) is 8.72. The van der Waals surface area contributed by atoms with Gasteiger partial charge in [-0.15, -0.1) is 10.2 Å². The molecule has 25 heavy (non-hydrogen) atoms. The van der Waals surface area contributed by atoms with Gasteiger partial charge in [-0.05, 0) is 56.2 Å². The predicted octanol–water partition coefficient (Wildman–Crippen LogP) is 2.50. The molecule has 1 atom stereocenters. The summed E-state index contributed by atoms with van der Waals surface area (Å²) >= 11 is 0. The zero-order chi connectivity index (χ0) is 17.6. The van der Waals surface area contributed by atoms with Gasteiger partial charge in [0.25, 0.3) is 0 Å². The number of amides is 1. The maximum absolute atomic E-state index is 12.1. The van der Waals surface area contributed by atoms with Crippen LogP contribution in [-0.4, -0.2) is 42.8 Å². The van der Waals surface area contributed by atoms with Crippen LogP contribution in [-0.2, 0) is 4.79 Å². The van der Waals surface area contributed by atoms with E-state index in [4.69, 9.17) is 4.74 Å². The molecule has 1 aliphatic rings. The highest BCUT2D eigenvalue weighted by atomic mass is 16.5. The smallest absolute Gasteiger partial charge is 0.224 e. The fourth-order valence-electron chi connectivity index (χ4n) is 3.13. The van der Waals surface area contributed by atoms with Crippen LogP contribution in [0.25, 0.3) is 11.3 Å².